The van der Waals surface area contributed by atoms with Crippen LogP contribution in [0.3, 0.4) is 0 Å². The zero-order valence-electron chi connectivity index (χ0n) is 10.2. The van der Waals surface area contributed by atoms with Gasteiger partial charge in [-0.2, -0.15) is 13.2 Å². The summed E-state index contributed by atoms with van der Waals surface area (Å²) in [5, 5.41) is 7.72. The molecule has 1 aliphatic carbocycles. The van der Waals surface area contributed by atoms with Crippen LogP contribution in [0.4, 0.5) is 17.6 Å². The molecule has 0 fully saturated rings. The molecule has 0 aromatic heterocycles. The molecular formula is C12H12F4O3S. The van der Waals surface area contributed by atoms with Crippen molar-refractivity contribution in [3.05, 3.63) is 35.1 Å². The molecule has 3 nitrogen and oxygen atoms in total. The standard InChI is InChI=1S/C12H12F4O3S/c13-9-3-1-2-8-7(9)4-5-10(8)20(18,19)6-11(17)12(14,15)16/h1-3,10-11,17H,4-6H2/t10-,11+/m1/s1. The highest BCUT2D eigenvalue weighted by molar-refractivity contribution is 7.91. The molecule has 0 aliphatic heterocycles. The van der Waals surface area contributed by atoms with Gasteiger partial charge in [0.25, 0.3) is 0 Å². The maximum absolute atomic E-state index is 13.5. The van der Waals surface area contributed by atoms with Crippen LogP contribution in [0, 0.1) is 5.82 Å². The maximum Gasteiger partial charge on any atom is 0.415 e. The summed E-state index contributed by atoms with van der Waals surface area (Å²) in [5.41, 5.74) is 0.418. The topological polar surface area (TPSA) is 54.4 Å². The van der Waals surface area contributed by atoms with Crippen LogP contribution in [0.15, 0.2) is 18.2 Å². The van der Waals surface area contributed by atoms with Crippen molar-refractivity contribution in [3.8, 4) is 0 Å². The highest BCUT2D eigenvalue weighted by Gasteiger charge is 2.44. The minimum Gasteiger partial charge on any atom is -0.383 e. The molecule has 0 unspecified atom stereocenters. The molecule has 0 heterocycles. The Labute approximate surface area is 113 Å². The van der Waals surface area contributed by atoms with E-state index in [0.29, 0.717) is 0 Å². The molecule has 0 radical (unpaired) electrons. The summed E-state index contributed by atoms with van der Waals surface area (Å²) < 4.78 is 74.2. The lowest BCUT2D eigenvalue weighted by molar-refractivity contribution is -0.196. The van der Waals surface area contributed by atoms with Crippen molar-refractivity contribution < 1.29 is 31.1 Å². The van der Waals surface area contributed by atoms with Crippen LogP contribution < -0.4 is 0 Å². The number of aliphatic hydroxyl groups is 1. The molecule has 1 aliphatic rings. The smallest absolute Gasteiger partial charge is 0.383 e. The Morgan fingerprint density at radius 2 is 2.00 bits per heavy atom. The normalized spacial score (nSPS) is 20.8. The van der Waals surface area contributed by atoms with Gasteiger partial charge in [-0.1, -0.05) is 12.1 Å². The quantitative estimate of drug-likeness (QED) is 0.870. The first-order valence-corrected chi connectivity index (χ1v) is 7.58. The largest absolute Gasteiger partial charge is 0.415 e. The Morgan fingerprint density at radius 1 is 1.35 bits per heavy atom. The summed E-state index contributed by atoms with van der Waals surface area (Å²) in [7, 11) is -4.21. The van der Waals surface area contributed by atoms with E-state index in [1.54, 1.807) is 0 Å². The number of rotatable bonds is 3. The highest BCUT2D eigenvalue weighted by Crippen LogP contribution is 2.39. The van der Waals surface area contributed by atoms with Crippen LogP contribution >= 0.6 is 0 Å². The number of hydrogen-bond donors (Lipinski definition) is 1. The fraction of sp³-hybridized carbons (Fsp3) is 0.500. The molecule has 1 aromatic rings. The van der Waals surface area contributed by atoms with Gasteiger partial charge in [-0.3, -0.25) is 0 Å². The first-order valence-electron chi connectivity index (χ1n) is 5.86. The van der Waals surface area contributed by atoms with Crippen LogP contribution in [0.2, 0.25) is 0 Å². The van der Waals surface area contributed by atoms with Gasteiger partial charge in [0, 0.05) is 0 Å². The summed E-state index contributed by atoms with van der Waals surface area (Å²) in [6, 6.07) is 3.90. The fourth-order valence-corrected chi connectivity index (χ4v) is 4.32. The fourth-order valence-electron chi connectivity index (χ4n) is 2.38. The van der Waals surface area contributed by atoms with Gasteiger partial charge < -0.3 is 5.11 Å². The molecule has 1 N–H and O–H groups in total. The highest BCUT2D eigenvalue weighted by atomic mass is 32.2. The number of aliphatic hydroxyl groups excluding tert-OH is 1. The van der Waals surface area contributed by atoms with Crippen molar-refractivity contribution in [2.24, 2.45) is 0 Å². The van der Waals surface area contributed by atoms with Crippen molar-refractivity contribution in [1.29, 1.82) is 0 Å². The van der Waals surface area contributed by atoms with Crippen molar-refractivity contribution in [3.63, 3.8) is 0 Å². The number of halogens is 4. The van der Waals surface area contributed by atoms with Gasteiger partial charge in [0.1, 0.15) is 5.82 Å². The van der Waals surface area contributed by atoms with E-state index in [0.717, 1.165) is 0 Å². The predicted molar refractivity (Wildman–Crippen MR) is 63.3 cm³/mol. The molecule has 8 heteroatoms. The zero-order chi connectivity index (χ0) is 15.1. The van der Waals surface area contributed by atoms with Gasteiger partial charge in [-0.15, -0.1) is 0 Å². The van der Waals surface area contributed by atoms with Crippen molar-refractivity contribution in [2.45, 2.75) is 30.4 Å². The van der Waals surface area contributed by atoms with E-state index in [2.05, 4.69) is 0 Å². The first-order chi connectivity index (χ1) is 9.13. The molecule has 1 aromatic carbocycles. The number of benzene rings is 1. The summed E-state index contributed by atoms with van der Waals surface area (Å²) in [4.78, 5) is 0. The Kier molecular flexibility index (Phi) is 3.81. The summed E-state index contributed by atoms with van der Waals surface area (Å²) >= 11 is 0. The van der Waals surface area contributed by atoms with Crippen molar-refractivity contribution in [1.82, 2.24) is 0 Å². The third-order valence-corrected chi connectivity index (χ3v) is 5.50. The van der Waals surface area contributed by atoms with Gasteiger partial charge in [0.2, 0.25) is 0 Å². The van der Waals surface area contributed by atoms with Crippen LogP contribution in [0.25, 0.3) is 0 Å². The van der Waals surface area contributed by atoms with Crippen molar-refractivity contribution in [2.75, 3.05) is 5.75 Å². The Hall–Kier alpha value is -1.15. The lowest BCUT2D eigenvalue weighted by Crippen LogP contribution is -2.36. The van der Waals surface area contributed by atoms with E-state index < -0.39 is 38.9 Å². The maximum atomic E-state index is 13.5. The second kappa shape index (κ2) is 5.00. The molecule has 112 valence electrons. The van der Waals surface area contributed by atoms with Crippen LogP contribution in [0.1, 0.15) is 22.8 Å². The van der Waals surface area contributed by atoms with E-state index in [-0.39, 0.29) is 24.0 Å². The van der Waals surface area contributed by atoms with E-state index in [4.69, 9.17) is 5.11 Å². The van der Waals surface area contributed by atoms with E-state index >= 15 is 0 Å². The van der Waals surface area contributed by atoms with Crippen LogP contribution in [-0.2, 0) is 16.3 Å². The number of sulfone groups is 1. The zero-order valence-corrected chi connectivity index (χ0v) is 11.0. The SMILES string of the molecule is O=S(=O)(C[C@H](O)C(F)(F)F)[C@@H]1CCc2c(F)cccc21. The molecule has 20 heavy (non-hydrogen) atoms. The monoisotopic (exact) mass is 312 g/mol. The molecule has 0 amide bonds. The first kappa shape index (κ1) is 15.2. The molecule has 0 spiro atoms. The second-order valence-corrected chi connectivity index (χ2v) is 6.95. The minimum atomic E-state index is -4.99. The van der Waals surface area contributed by atoms with Gasteiger partial charge in [0.05, 0.1) is 11.0 Å². The second-order valence-electron chi connectivity index (χ2n) is 4.72. The summed E-state index contributed by atoms with van der Waals surface area (Å²) in [6.45, 7) is 0. The Morgan fingerprint density at radius 3 is 2.60 bits per heavy atom. The Balaban J connectivity index is 2.28. The number of alkyl halides is 3. The lowest BCUT2D eigenvalue weighted by Gasteiger charge is -2.18. The Bertz CT molecular complexity index is 610. The third-order valence-electron chi connectivity index (χ3n) is 3.36. The lowest BCUT2D eigenvalue weighted by atomic mass is 10.1. The molecule has 0 bridgehead atoms. The minimum absolute atomic E-state index is 0.0309. The number of fused-ring (bicyclic) bond motifs is 1. The van der Waals surface area contributed by atoms with Gasteiger partial charge in [-0.05, 0) is 30.0 Å². The summed E-state index contributed by atoms with van der Waals surface area (Å²) in [6.07, 6.45) is -7.72. The van der Waals surface area contributed by atoms with Gasteiger partial charge in [0.15, 0.2) is 15.9 Å². The average Bonchev–Trinajstić information content (AvgIpc) is 2.73. The van der Waals surface area contributed by atoms with Crippen LogP contribution in [0.5, 0.6) is 0 Å². The molecule has 0 saturated carbocycles. The van der Waals surface area contributed by atoms with Crippen molar-refractivity contribution >= 4 is 9.84 Å². The average molecular weight is 312 g/mol. The molecular weight excluding hydrogens is 300 g/mol. The third kappa shape index (κ3) is 2.80. The molecule has 0 saturated heterocycles. The molecule has 2 atom stereocenters. The summed E-state index contributed by atoms with van der Waals surface area (Å²) in [5.74, 6) is -1.96. The molecule has 2 rings (SSSR count). The van der Waals surface area contributed by atoms with E-state index in [9.17, 15) is 26.0 Å². The van der Waals surface area contributed by atoms with E-state index in [1.807, 2.05) is 0 Å². The number of hydrogen-bond acceptors (Lipinski definition) is 3. The predicted octanol–water partition coefficient (Wildman–Crippen LogP) is 2.15. The van der Waals surface area contributed by atoms with Gasteiger partial charge in [-0.25, -0.2) is 12.8 Å². The van der Waals surface area contributed by atoms with Crippen LogP contribution in [-0.4, -0.2) is 31.6 Å². The van der Waals surface area contributed by atoms with Gasteiger partial charge >= 0.3 is 6.18 Å². The van der Waals surface area contributed by atoms with E-state index in [1.165, 1.54) is 18.2 Å².